The summed E-state index contributed by atoms with van der Waals surface area (Å²) in [6.07, 6.45) is 3.25. The molecule has 0 radical (unpaired) electrons. The summed E-state index contributed by atoms with van der Waals surface area (Å²) in [5, 5.41) is 10.5. The van der Waals surface area contributed by atoms with E-state index < -0.39 is 0 Å². The fraction of sp³-hybridized carbons (Fsp3) is 0.0435. The summed E-state index contributed by atoms with van der Waals surface area (Å²) in [4.78, 5) is 26.0. The van der Waals surface area contributed by atoms with Gasteiger partial charge in [0.05, 0.1) is 17.8 Å². The van der Waals surface area contributed by atoms with E-state index in [9.17, 15) is 9.90 Å². The summed E-state index contributed by atoms with van der Waals surface area (Å²) in [6.45, 7) is 0. The maximum absolute atomic E-state index is 12.7. The van der Waals surface area contributed by atoms with Crippen molar-refractivity contribution in [2.24, 2.45) is 0 Å². The molecule has 0 aliphatic rings. The third kappa shape index (κ3) is 3.78. The van der Waals surface area contributed by atoms with E-state index in [2.05, 4.69) is 15.0 Å². The van der Waals surface area contributed by atoms with Gasteiger partial charge >= 0.3 is 0 Å². The van der Waals surface area contributed by atoms with E-state index in [1.54, 1.807) is 42.6 Å². The fourth-order valence-electron chi connectivity index (χ4n) is 2.89. The second-order valence-electron chi connectivity index (χ2n) is 6.26. The summed E-state index contributed by atoms with van der Waals surface area (Å²) >= 11 is 0. The summed E-state index contributed by atoms with van der Waals surface area (Å²) in [7, 11) is 0. The van der Waals surface area contributed by atoms with Gasteiger partial charge in [0.15, 0.2) is 11.4 Å². The van der Waals surface area contributed by atoms with Crippen molar-refractivity contribution in [2.45, 2.75) is 6.42 Å². The second kappa shape index (κ2) is 7.80. The molecule has 1 N–H and O–H groups in total. The first-order chi connectivity index (χ1) is 13.7. The number of fused-ring (bicyclic) bond motifs is 1. The van der Waals surface area contributed by atoms with Crippen LogP contribution in [0.3, 0.4) is 0 Å². The lowest BCUT2D eigenvalue weighted by molar-refractivity contribution is 0.0992. The summed E-state index contributed by atoms with van der Waals surface area (Å²) in [5.41, 5.74) is 3.26. The Bertz CT molecular complexity index is 1160. The van der Waals surface area contributed by atoms with Gasteiger partial charge in [-0.1, -0.05) is 60.7 Å². The van der Waals surface area contributed by atoms with E-state index in [0.29, 0.717) is 33.7 Å². The zero-order valence-corrected chi connectivity index (χ0v) is 15.0. The first kappa shape index (κ1) is 17.5. The zero-order chi connectivity index (χ0) is 19.3. The molecule has 0 aliphatic heterocycles. The van der Waals surface area contributed by atoms with E-state index in [0.717, 1.165) is 0 Å². The lowest BCUT2D eigenvalue weighted by Crippen LogP contribution is -2.08. The molecule has 0 atom stereocenters. The summed E-state index contributed by atoms with van der Waals surface area (Å²) < 4.78 is 0. The predicted octanol–water partition coefficient (Wildman–Crippen LogP) is 4.51. The number of nitrogens with zero attached hydrogens (tertiary/aromatic N) is 3. The van der Waals surface area contributed by atoms with Crippen molar-refractivity contribution in [3.05, 3.63) is 102 Å². The number of aliphatic hydroxyl groups excluding tert-OH is 1. The minimum atomic E-state index is -0.0630. The van der Waals surface area contributed by atoms with Crippen LogP contribution in [0.1, 0.15) is 27.3 Å². The molecular formula is C23H17N3O2. The van der Waals surface area contributed by atoms with Crippen molar-refractivity contribution in [3.8, 4) is 0 Å². The van der Waals surface area contributed by atoms with Gasteiger partial charge in [-0.2, -0.15) is 0 Å². The van der Waals surface area contributed by atoms with Crippen LogP contribution in [0.15, 0.2) is 79.0 Å². The van der Waals surface area contributed by atoms with E-state index in [1.165, 1.54) is 6.08 Å². The molecule has 0 spiro atoms. The van der Waals surface area contributed by atoms with Gasteiger partial charge in [-0.3, -0.25) is 4.79 Å². The normalized spacial score (nSPS) is 11.5. The van der Waals surface area contributed by atoms with E-state index in [-0.39, 0.29) is 18.0 Å². The lowest BCUT2D eigenvalue weighted by Gasteiger charge is -2.08. The molecule has 5 nitrogen and oxygen atoms in total. The Morgan fingerprint density at radius 3 is 2.25 bits per heavy atom. The highest BCUT2D eigenvalue weighted by Gasteiger charge is 2.14. The molecule has 0 saturated heterocycles. The van der Waals surface area contributed by atoms with Crippen molar-refractivity contribution in [1.29, 1.82) is 0 Å². The lowest BCUT2D eigenvalue weighted by atomic mass is 10.0. The molecule has 136 valence electrons. The van der Waals surface area contributed by atoms with Gasteiger partial charge in [0, 0.05) is 23.4 Å². The smallest absolute Gasteiger partial charge is 0.178 e. The molecule has 2 heterocycles. The molecule has 0 bridgehead atoms. The number of carbonyl (C=O) groups excluding carboxylic acids is 1. The van der Waals surface area contributed by atoms with E-state index in [4.69, 9.17) is 0 Å². The average molecular weight is 367 g/mol. The minimum Gasteiger partial charge on any atom is -0.507 e. The highest BCUT2D eigenvalue weighted by molar-refractivity contribution is 5.98. The maximum atomic E-state index is 12.7. The highest BCUT2D eigenvalue weighted by Crippen LogP contribution is 2.19. The van der Waals surface area contributed by atoms with Crippen molar-refractivity contribution < 1.29 is 9.90 Å². The Kier molecular flexibility index (Phi) is 4.89. The first-order valence-corrected chi connectivity index (χ1v) is 8.87. The quantitative estimate of drug-likeness (QED) is 0.415. The van der Waals surface area contributed by atoms with Crippen molar-refractivity contribution in [2.75, 3.05) is 0 Å². The summed E-state index contributed by atoms with van der Waals surface area (Å²) in [6, 6.07) is 21.8. The third-order valence-electron chi connectivity index (χ3n) is 4.31. The maximum Gasteiger partial charge on any atom is 0.178 e. The Morgan fingerprint density at radius 2 is 1.54 bits per heavy atom. The number of pyridine rings is 1. The molecule has 28 heavy (non-hydrogen) atoms. The van der Waals surface area contributed by atoms with Crippen molar-refractivity contribution in [3.63, 3.8) is 0 Å². The van der Waals surface area contributed by atoms with Crippen LogP contribution < -0.4 is 0 Å². The minimum absolute atomic E-state index is 0.0543. The monoisotopic (exact) mass is 367 g/mol. The zero-order valence-electron chi connectivity index (χ0n) is 15.0. The SMILES string of the molecule is O=C(Cc1nc2cccnc2nc1/C=C(\O)c1ccccc1)c1ccccc1. The van der Waals surface area contributed by atoms with Gasteiger partial charge in [0.1, 0.15) is 11.3 Å². The number of Topliss-reactive ketones (excluding diaryl/α,β-unsaturated/α-hetero) is 1. The Labute approximate surface area is 162 Å². The molecule has 0 unspecified atom stereocenters. The summed E-state index contributed by atoms with van der Waals surface area (Å²) in [5.74, 6) is -0.00872. The van der Waals surface area contributed by atoms with Crippen molar-refractivity contribution >= 4 is 28.8 Å². The number of benzene rings is 2. The average Bonchev–Trinajstić information content (AvgIpc) is 2.75. The van der Waals surface area contributed by atoms with Crippen LogP contribution in [0.5, 0.6) is 0 Å². The molecule has 0 aliphatic carbocycles. The molecule has 5 heteroatoms. The number of hydrogen-bond acceptors (Lipinski definition) is 5. The van der Waals surface area contributed by atoms with Crippen molar-refractivity contribution in [1.82, 2.24) is 15.0 Å². The number of aliphatic hydroxyl groups is 1. The van der Waals surface area contributed by atoms with Crippen LogP contribution in [0.2, 0.25) is 0 Å². The van der Waals surface area contributed by atoms with E-state index >= 15 is 0 Å². The van der Waals surface area contributed by atoms with Crippen LogP contribution in [0.25, 0.3) is 23.0 Å². The molecule has 2 aromatic carbocycles. The molecule has 0 fully saturated rings. The van der Waals surface area contributed by atoms with Gasteiger partial charge < -0.3 is 5.11 Å². The van der Waals surface area contributed by atoms with Crippen LogP contribution in [0, 0.1) is 0 Å². The number of ketones is 1. The molecule has 0 amide bonds. The van der Waals surface area contributed by atoms with Crippen LogP contribution >= 0.6 is 0 Å². The van der Waals surface area contributed by atoms with Gasteiger partial charge in [0.25, 0.3) is 0 Å². The molecular weight excluding hydrogens is 350 g/mol. The second-order valence-corrected chi connectivity index (χ2v) is 6.26. The van der Waals surface area contributed by atoms with Gasteiger partial charge in [-0.25, -0.2) is 15.0 Å². The molecule has 4 rings (SSSR count). The van der Waals surface area contributed by atoms with Gasteiger partial charge in [-0.05, 0) is 12.1 Å². The predicted molar refractivity (Wildman–Crippen MR) is 109 cm³/mol. The number of carbonyl (C=O) groups is 1. The fourth-order valence-corrected chi connectivity index (χ4v) is 2.89. The molecule has 4 aromatic rings. The van der Waals surface area contributed by atoms with Crippen LogP contribution in [-0.2, 0) is 6.42 Å². The molecule has 0 saturated carbocycles. The van der Waals surface area contributed by atoms with Gasteiger partial charge in [0.2, 0.25) is 0 Å². The highest BCUT2D eigenvalue weighted by atomic mass is 16.3. The number of rotatable bonds is 5. The Hall–Kier alpha value is -3.86. The van der Waals surface area contributed by atoms with Gasteiger partial charge in [-0.15, -0.1) is 0 Å². The van der Waals surface area contributed by atoms with E-state index in [1.807, 2.05) is 36.4 Å². The Balaban J connectivity index is 1.78. The Morgan fingerprint density at radius 1 is 0.857 bits per heavy atom. The van der Waals surface area contributed by atoms with Crippen LogP contribution in [-0.4, -0.2) is 25.8 Å². The first-order valence-electron chi connectivity index (χ1n) is 8.87. The number of hydrogen-bond donors (Lipinski definition) is 1. The third-order valence-corrected chi connectivity index (χ3v) is 4.31. The largest absolute Gasteiger partial charge is 0.507 e. The molecule has 2 aromatic heterocycles. The van der Waals surface area contributed by atoms with Crippen LogP contribution in [0.4, 0.5) is 0 Å². The standard InChI is InChI=1S/C23H17N3O2/c27-21(16-8-3-1-4-9-16)14-19-20(15-22(28)17-10-5-2-6-11-17)26-23-18(25-19)12-7-13-24-23/h1-13,15,28H,14H2/b22-15-. The topological polar surface area (TPSA) is 76.0 Å². The number of aromatic nitrogens is 3.